The van der Waals surface area contributed by atoms with E-state index < -0.39 is 0 Å². The van der Waals surface area contributed by atoms with E-state index in [1.54, 1.807) is 0 Å². The van der Waals surface area contributed by atoms with Crippen molar-refractivity contribution in [3.63, 3.8) is 0 Å². The second kappa shape index (κ2) is 14.5. The minimum absolute atomic E-state index is 0.746. The zero-order chi connectivity index (χ0) is 28.1. The van der Waals surface area contributed by atoms with Crippen LogP contribution in [0.2, 0.25) is 0 Å². The van der Waals surface area contributed by atoms with Gasteiger partial charge in [-0.05, 0) is 93.6 Å². The lowest BCUT2D eigenvalue weighted by Gasteiger charge is -2.13. The fourth-order valence-corrected chi connectivity index (χ4v) is 10.1. The first kappa shape index (κ1) is 31.3. The van der Waals surface area contributed by atoms with Crippen LogP contribution in [0, 0.1) is 25.7 Å². The Labute approximate surface area is 264 Å². The number of unbranched alkanes of at least 4 members (excludes halogenated alkanes) is 2. The number of hydrogen-bond donors (Lipinski definition) is 0. The summed E-state index contributed by atoms with van der Waals surface area (Å²) in [6.45, 7) is 13.4. The van der Waals surface area contributed by atoms with Crippen LogP contribution in [-0.2, 0) is 12.8 Å². The molecule has 2 unspecified atom stereocenters. The molecule has 0 bridgehead atoms. The lowest BCUT2D eigenvalue weighted by molar-refractivity contribution is 0.449. The van der Waals surface area contributed by atoms with Gasteiger partial charge in [-0.1, -0.05) is 79.1 Å². The van der Waals surface area contributed by atoms with E-state index in [1.165, 1.54) is 89.6 Å². The first-order chi connectivity index (χ1) is 18.8. The average molecular weight is 711 g/mol. The van der Waals surface area contributed by atoms with Crippen molar-refractivity contribution in [2.75, 3.05) is 0 Å². The summed E-state index contributed by atoms with van der Waals surface area (Å²) in [5.41, 5.74) is 7.02. The first-order valence-corrected chi connectivity index (χ1v) is 18.7. The fraction of sp³-hybridized carbons (Fsp3) is 0.562. The molecular weight excluding hydrogens is 668 g/mol. The predicted molar refractivity (Wildman–Crippen MR) is 183 cm³/mol. The average Bonchev–Trinajstić information content (AvgIpc) is 3.59. The number of nitrogens with zero attached hydrogens (tertiary/aromatic N) is 2. The Kier molecular flexibility index (Phi) is 11.7. The minimum Gasteiger partial charge on any atom is -0.248 e. The number of halogens is 2. The molecule has 0 N–H and O–H groups in total. The van der Waals surface area contributed by atoms with Crippen molar-refractivity contribution in [2.45, 2.75) is 106 Å². The molecule has 0 aliphatic heterocycles. The highest BCUT2D eigenvalue weighted by Gasteiger charge is 2.23. The van der Waals surface area contributed by atoms with E-state index >= 15 is 0 Å². The van der Waals surface area contributed by atoms with Gasteiger partial charge in [0.2, 0.25) is 0 Å². The van der Waals surface area contributed by atoms with Crippen LogP contribution in [0.1, 0.15) is 102 Å². The predicted octanol–water partition coefficient (Wildman–Crippen LogP) is 12.8. The molecule has 2 atom stereocenters. The van der Waals surface area contributed by atoms with Crippen molar-refractivity contribution < 1.29 is 0 Å². The van der Waals surface area contributed by atoms with Crippen LogP contribution in [0.15, 0.2) is 19.7 Å². The Morgan fingerprint density at radius 1 is 0.667 bits per heavy atom. The topological polar surface area (TPSA) is 25.8 Å². The van der Waals surface area contributed by atoms with E-state index in [0.29, 0.717) is 0 Å². The summed E-state index contributed by atoms with van der Waals surface area (Å²) in [6.07, 6.45) is 12.6. The Morgan fingerprint density at radius 2 is 1.08 bits per heavy atom. The van der Waals surface area contributed by atoms with E-state index in [9.17, 15) is 0 Å². The summed E-state index contributed by atoms with van der Waals surface area (Å²) in [5.74, 6) is 1.49. The van der Waals surface area contributed by atoms with Crippen LogP contribution >= 0.6 is 65.9 Å². The van der Waals surface area contributed by atoms with Gasteiger partial charge >= 0.3 is 0 Å². The normalized spacial score (nSPS) is 13.4. The molecule has 0 amide bonds. The summed E-state index contributed by atoms with van der Waals surface area (Å²) in [4.78, 5) is 15.4. The maximum atomic E-state index is 5.11. The summed E-state index contributed by atoms with van der Waals surface area (Å²) < 4.78 is 2.54. The number of aryl methyl sites for hydroxylation is 2. The molecule has 2 nitrogen and oxygen atoms in total. The van der Waals surface area contributed by atoms with Gasteiger partial charge in [0.1, 0.15) is 11.0 Å². The lowest BCUT2D eigenvalue weighted by atomic mass is 9.93. The quantitative estimate of drug-likeness (QED) is 0.130. The van der Waals surface area contributed by atoms with Crippen molar-refractivity contribution in [1.29, 1.82) is 0 Å². The van der Waals surface area contributed by atoms with E-state index in [-0.39, 0.29) is 0 Å². The zero-order valence-corrected chi connectivity index (χ0v) is 29.9. The van der Waals surface area contributed by atoms with Gasteiger partial charge in [-0.2, -0.15) is 0 Å². The Morgan fingerprint density at radius 3 is 1.44 bits per heavy atom. The summed E-state index contributed by atoms with van der Waals surface area (Å²) >= 11 is 13.4. The van der Waals surface area contributed by atoms with Gasteiger partial charge < -0.3 is 0 Å². The Balaban J connectivity index is 1.73. The van der Waals surface area contributed by atoms with Gasteiger partial charge in [-0.3, -0.25) is 0 Å². The zero-order valence-electron chi connectivity index (χ0n) is 24.3. The SMILES string of the molecule is CCCCC(CC)Cc1cc(-c2sc(-c3cc(CC(CC)CCCC)c(Br)s3)c3nc(C)c(C)nc23)sc1Br. The van der Waals surface area contributed by atoms with Gasteiger partial charge in [-0.15, -0.1) is 34.0 Å². The van der Waals surface area contributed by atoms with Crippen molar-refractivity contribution in [3.05, 3.63) is 42.2 Å². The molecule has 0 aliphatic carbocycles. The highest BCUT2D eigenvalue weighted by atomic mass is 79.9. The van der Waals surface area contributed by atoms with Crippen LogP contribution in [0.4, 0.5) is 0 Å². The van der Waals surface area contributed by atoms with Crippen LogP contribution < -0.4 is 0 Å². The van der Waals surface area contributed by atoms with Crippen molar-refractivity contribution in [3.8, 4) is 19.5 Å². The van der Waals surface area contributed by atoms with Gasteiger partial charge in [0.25, 0.3) is 0 Å². The van der Waals surface area contributed by atoms with Gasteiger partial charge in [0.05, 0.1) is 28.7 Å². The van der Waals surface area contributed by atoms with Gasteiger partial charge in [0, 0.05) is 9.75 Å². The van der Waals surface area contributed by atoms with Crippen molar-refractivity contribution in [1.82, 2.24) is 9.97 Å². The number of thiophene rings is 3. The molecule has 0 aliphatic rings. The molecule has 4 aromatic heterocycles. The van der Waals surface area contributed by atoms with E-state index in [1.807, 2.05) is 34.0 Å². The first-order valence-electron chi connectivity index (χ1n) is 14.6. The molecule has 0 aromatic carbocycles. The Bertz CT molecular complexity index is 1280. The molecular formula is C32H42Br2N2S3. The molecule has 0 radical (unpaired) electrons. The molecule has 0 spiro atoms. The van der Waals surface area contributed by atoms with Crippen molar-refractivity contribution in [2.24, 2.45) is 11.8 Å². The number of aromatic nitrogens is 2. The second-order valence-corrected chi connectivity index (χ2v) is 16.7. The third-order valence-electron chi connectivity index (χ3n) is 8.01. The molecule has 0 saturated heterocycles. The fourth-order valence-electron chi connectivity index (χ4n) is 5.28. The van der Waals surface area contributed by atoms with E-state index in [4.69, 9.17) is 9.97 Å². The molecule has 0 fully saturated rings. The minimum atomic E-state index is 0.746. The smallest absolute Gasteiger partial charge is 0.109 e. The largest absolute Gasteiger partial charge is 0.248 e. The van der Waals surface area contributed by atoms with Gasteiger partial charge in [0.15, 0.2) is 0 Å². The highest BCUT2D eigenvalue weighted by Crippen LogP contribution is 2.49. The maximum Gasteiger partial charge on any atom is 0.109 e. The van der Waals surface area contributed by atoms with E-state index in [2.05, 4.69) is 85.5 Å². The van der Waals surface area contributed by atoms with Gasteiger partial charge in [-0.25, -0.2) is 9.97 Å². The molecule has 39 heavy (non-hydrogen) atoms. The number of fused-ring (bicyclic) bond motifs is 1. The molecule has 7 heteroatoms. The standard InChI is InChI=1S/C32H42Br2N2S3/c1-7-11-13-21(9-3)15-23-17-25(37-31(23)33)29-27-28(36-20(6)19(5)35-27)30(39-29)26-18-24(32(34)38-26)16-22(10-4)14-12-8-2/h17-18,21-22H,7-16H2,1-6H3. The number of rotatable bonds is 14. The molecule has 212 valence electrons. The molecule has 0 saturated carbocycles. The van der Waals surface area contributed by atoms with E-state index in [0.717, 1.165) is 47.1 Å². The molecule has 4 aromatic rings. The molecule has 4 rings (SSSR count). The van der Waals surface area contributed by atoms with Crippen molar-refractivity contribution >= 4 is 76.9 Å². The molecule has 4 heterocycles. The summed E-state index contributed by atoms with van der Waals surface area (Å²) in [7, 11) is 0. The van der Waals surface area contributed by atoms with Crippen LogP contribution in [-0.4, -0.2) is 9.97 Å². The Hall–Kier alpha value is -0.600. The van der Waals surface area contributed by atoms with Crippen LogP contribution in [0.5, 0.6) is 0 Å². The highest BCUT2D eigenvalue weighted by molar-refractivity contribution is 9.11. The second-order valence-electron chi connectivity index (χ2n) is 10.9. The van der Waals surface area contributed by atoms with Crippen LogP contribution in [0.3, 0.4) is 0 Å². The summed E-state index contributed by atoms with van der Waals surface area (Å²) in [6, 6.07) is 4.84. The maximum absolute atomic E-state index is 5.11. The van der Waals surface area contributed by atoms with Crippen LogP contribution in [0.25, 0.3) is 30.5 Å². The lowest BCUT2D eigenvalue weighted by Crippen LogP contribution is -2.02. The third-order valence-corrected chi connectivity index (χ3v) is 13.5. The third kappa shape index (κ3) is 7.43. The monoisotopic (exact) mass is 708 g/mol. The number of hydrogen-bond acceptors (Lipinski definition) is 5. The summed E-state index contributed by atoms with van der Waals surface area (Å²) in [5, 5.41) is 0.